The molecule has 0 saturated carbocycles. The molecule has 2 N–H and O–H groups in total. The second kappa shape index (κ2) is 5.27. The number of carboxylic acid groups (broad SMARTS) is 1. The summed E-state index contributed by atoms with van der Waals surface area (Å²) < 4.78 is 1.50. The first kappa shape index (κ1) is 13.6. The molecular weight excluding hydrogens is 222 g/mol. The van der Waals surface area contributed by atoms with E-state index in [1.165, 1.54) is 4.68 Å². The number of hydrogen-bond donors (Lipinski definition) is 2. The lowest BCUT2D eigenvalue weighted by molar-refractivity contribution is 0.0106. The highest BCUT2D eigenvalue weighted by molar-refractivity contribution is 5.86. The van der Waals surface area contributed by atoms with Crippen LogP contribution in [0.25, 0.3) is 0 Å². The van der Waals surface area contributed by atoms with E-state index in [0.29, 0.717) is 25.0 Å². The Morgan fingerprint density at radius 3 is 2.35 bits per heavy atom. The number of aliphatic hydroxyl groups is 1. The summed E-state index contributed by atoms with van der Waals surface area (Å²) in [5, 5.41) is 26.6. The van der Waals surface area contributed by atoms with E-state index in [1.807, 2.05) is 20.8 Å². The molecule has 1 aromatic rings. The topological polar surface area (TPSA) is 88.2 Å². The fraction of sp³-hybridized carbons (Fsp3) is 0.727. The normalized spacial score (nSPS) is 11.8. The zero-order chi connectivity index (χ0) is 13.1. The van der Waals surface area contributed by atoms with Crippen LogP contribution in [-0.4, -0.2) is 36.8 Å². The molecule has 96 valence electrons. The van der Waals surface area contributed by atoms with Crippen molar-refractivity contribution >= 4 is 5.97 Å². The van der Waals surface area contributed by atoms with Gasteiger partial charge in [-0.1, -0.05) is 26.0 Å². The van der Waals surface area contributed by atoms with Gasteiger partial charge < -0.3 is 10.2 Å². The number of aromatic nitrogens is 3. The van der Waals surface area contributed by atoms with Crippen LogP contribution in [0.4, 0.5) is 0 Å². The Morgan fingerprint density at radius 2 is 1.94 bits per heavy atom. The molecule has 0 spiro atoms. The molecule has 0 aliphatic rings. The van der Waals surface area contributed by atoms with Gasteiger partial charge in [0.1, 0.15) is 0 Å². The van der Waals surface area contributed by atoms with Crippen molar-refractivity contribution in [3.63, 3.8) is 0 Å². The first-order chi connectivity index (χ1) is 7.97. The van der Waals surface area contributed by atoms with Crippen molar-refractivity contribution in [1.29, 1.82) is 0 Å². The Balaban J connectivity index is 3.03. The molecule has 0 radical (unpaired) electrons. The van der Waals surface area contributed by atoms with Crippen LogP contribution in [0.15, 0.2) is 0 Å². The Kier molecular flexibility index (Phi) is 4.22. The number of hydrogen-bond acceptors (Lipinski definition) is 4. The van der Waals surface area contributed by atoms with Crippen LogP contribution in [0.3, 0.4) is 0 Å². The third kappa shape index (κ3) is 2.82. The second-order valence-electron chi connectivity index (χ2n) is 4.13. The minimum absolute atomic E-state index is 0.0259. The predicted molar refractivity (Wildman–Crippen MR) is 61.9 cm³/mol. The maximum atomic E-state index is 10.9. The van der Waals surface area contributed by atoms with Gasteiger partial charge in [0.15, 0.2) is 5.69 Å². The number of carboxylic acids is 1. The summed E-state index contributed by atoms with van der Waals surface area (Å²) in [6, 6.07) is 0. The molecule has 0 atom stereocenters. The Morgan fingerprint density at radius 1 is 1.35 bits per heavy atom. The fourth-order valence-corrected chi connectivity index (χ4v) is 1.73. The average Bonchev–Trinajstić information content (AvgIpc) is 2.71. The summed E-state index contributed by atoms with van der Waals surface area (Å²) >= 11 is 0. The Hall–Kier alpha value is -1.43. The monoisotopic (exact) mass is 241 g/mol. The van der Waals surface area contributed by atoms with E-state index in [0.717, 1.165) is 0 Å². The Bertz CT molecular complexity index is 397. The molecule has 0 aliphatic heterocycles. The summed E-state index contributed by atoms with van der Waals surface area (Å²) in [5.41, 5.74) is -0.326. The van der Waals surface area contributed by atoms with Crippen LogP contribution >= 0.6 is 0 Å². The first-order valence-corrected chi connectivity index (χ1v) is 5.85. The predicted octanol–water partition coefficient (Wildman–Crippen LogP) is 1.09. The minimum Gasteiger partial charge on any atom is -0.476 e. The van der Waals surface area contributed by atoms with E-state index < -0.39 is 11.6 Å². The zero-order valence-corrected chi connectivity index (χ0v) is 10.5. The lowest BCUT2D eigenvalue weighted by Crippen LogP contribution is -2.33. The zero-order valence-electron chi connectivity index (χ0n) is 10.5. The highest BCUT2D eigenvalue weighted by atomic mass is 16.4. The Labute approximate surface area is 100 Å². The maximum Gasteiger partial charge on any atom is 0.358 e. The van der Waals surface area contributed by atoms with Crippen LogP contribution in [0.5, 0.6) is 0 Å². The van der Waals surface area contributed by atoms with Crippen molar-refractivity contribution in [2.75, 3.05) is 0 Å². The summed E-state index contributed by atoms with van der Waals surface area (Å²) in [7, 11) is 0. The van der Waals surface area contributed by atoms with E-state index in [2.05, 4.69) is 10.3 Å². The number of aromatic carboxylic acids is 1. The largest absolute Gasteiger partial charge is 0.476 e. The molecule has 1 heterocycles. The van der Waals surface area contributed by atoms with Gasteiger partial charge in [0.2, 0.25) is 0 Å². The smallest absolute Gasteiger partial charge is 0.358 e. The molecule has 0 aromatic carbocycles. The van der Waals surface area contributed by atoms with Crippen molar-refractivity contribution in [1.82, 2.24) is 15.0 Å². The molecule has 17 heavy (non-hydrogen) atoms. The molecule has 0 amide bonds. The van der Waals surface area contributed by atoms with Gasteiger partial charge in [-0.05, 0) is 19.3 Å². The average molecular weight is 241 g/mol. The molecule has 1 rings (SSSR count). The van der Waals surface area contributed by atoms with E-state index in [-0.39, 0.29) is 12.2 Å². The number of rotatable bonds is 6. The van der Waals surface area contributed by atoms with Gasteiger partial charge in [-0.15, -0.1) is 5.10 Å². The van der Waals surface area contributed by atoms with Crippen LogP contribution < -0.4 is 0 Å². The van der Waals surface area contributed by atoms with Crippen LogP contribution in [-0.2, 0) is 13.0 Å². The number of carbonyl (C=O) groups is 1. The highest BCUT2D eigenvalue weighted by Gasteiger charge is 2.26. The third-order valence-corrected chi connectivity index (χ3v) is 3.14. The summed E-state index contributed by atoms with van der Waals surface area (Å²) in [5.74, 6) is -1.08. The fourth-order valence-electron chi connectivity index (χ4n) is 1.73. The van der Waals surface area contributed by atoms with Gasteiger partial charge in [-0.2, -0.15) is 0 Å². The summed E-state index contributed by atoms with van der Waals surface area (Å²) in [4.78, 5) is 10.9. The minimum atomic E-state index is -1.08. The summed E-state index contributed by atoms with van der Waals surface area (Å²) in [6.07, 6.45) is 1.71. The molecule has 6 heteroatoms. The number of nitrogens with zero attached hydrogens (tertiary/aromatic N) is 3. The van der Waals surface area contributed by atoms with Gasteiger partial charge in [-0.3, -0.25) is 0 Å². The van der Waals surface area contributed by atoms with Crippen LogP contribution in [0, 0.1) is 0 Å². The van der Waals surface area contributed by atoms with Crippen molar-refractivity contribution < 1.29 is 15.0 Å². The van der Waals surface area contributed by atoms with Crippen LogP contribution in [0.2, 0.25) is 0 Å². The SMILES string of the molecule is CCc1c(C(=O)O)nnn1CC(O)(CC)CC. The van der Waals surface area contributed by atoms with Gasteiger partial charge >= 0.3 is 5.97 Å². The van der Waals surface area contributed by atoms with Crippen molar-refractivity contribution in [3.05, 3.63) is 11.4 Å². The molecule has 1 aromatic heterocycles. The van der Waals surface area contributed by atoms with E-state index in [1.54, 1.807) is 0 Å². The van der Waals surface area contributed by atoms with Crippen molar-refractivity contribution in [2.45, 2.75) is 52.2 Å². The lowest BCUT2D eigenvalue weighted by atomic mass is 9.97. The van der Waals surface area contributed by atoms with Gasteiger partial charge in [0, 0.05) is 0 Å². The van der Waals surface area contributed by atoms with E-state index >= 15 is 0 Å². The van der Waals surface area contributed by atoms with Crippen molar-refractivity contribution in [2.24, 2.45) is 0 Å². The lowest BCUT2D eigenvalue weighted by Gasteiger charge is -2.25. The van der Waals surface area contributed by atoms with Gasteiger partial charge in [0.25, 0.3) is 0 Å². The van der Waals surface area contributed by atoms with E-state index in [4.69, 9.17) is 5.11 Å². The molecule has 6 nitrogen and oxygen atoms in total. The van der Waals surface area contributed by atoms with Crippen LogP contribution in [0.1, 0.15) is 49.8 Å². The van der Waals surface area contributed by atoms with E-state index in [9.17, 15) is 9.90 Å². The standard InChI is InChI=1S/C11H19N3O3/c1-4-8-9(10(15)16)12-13-14(8)7-11(17,5-2)6-3/h17H,4-7H2,1-3H3,(H,15,16). The second-order valence-corrected chi connectivity index (χ2v) is 4.13. The molecule has 0 aliphatic carbocycles. The quantitative estimate of drug-likeness (QED) is 0.778. The maximum absolute atomic E-state index is 10.9. The first-order valence-electron chi connectivity index (χ1n) is 5.85. The molecule has 0 saturated heterocycles. The third-order valence-electron chi connectivity index (χ3n) is 3.14. The highest BCUT2D eigenvalue weighted by Crippen LogP contribution is 2.19. The molecule has 0 fully saturated rings. The van der Waals surface area contributed by atoms with Gasteiger partial charge in [0.05, 0.1) is 17.8 Å². The molecule has 0 unspecified atom stereocenters. The summed E-state index contributed by atoms with van der Waals surface area (Å²) in [6.45, 7) is 5.91. The molecule has 0 bridgehead atoms. The van der Waals surface area contributed by atoms with Gasteiger partial charge in [-0.25, -0.2) is 9.48 Å². The molecular formula is C11H19N3O3. The van der Waals surface area contributed by atoms with Crippen molar-refractivity contribution in [3.8, 4) is 0 Å².